The van der Waals surface area contributed by atoms with Crippen LogP contribution in [0.2, 0.25) is 0 Å². The third-order valence-electron chi connectivity index (χ3n) is 3.48. The maximum atomic E-state index is 4.54. The van der Waals surface area contributed by atoms with Gasteiger partial charge < -0.3 is 10.3 Å². The minimum Gasteiger partial charge on any atom is -0.342 e. The average molecular weight is 306 g/mol. The molecule has 4 heteroatoms. The lowest BCUT2D eigenvalue weighted by atomic mass is 9.98. The van der Waals surface area contributed by atoms with Gasteiger partial charge in [0.15, 0.2) is 0 Å². The van der Waals surface area contributed by atoms with E-state index in [1.54, 1.807) is 0 Å². The van der Waals surface area contributed by atoms with Crippen molar-refractivity contribution in [2.45, 2.75) is 18.8 Å². The van der Waals surface area contributed by atoms with Gasteiger partial charge in [-0.3, -0.25) is 0 Å². The Morgan fingerprint density at radius 3 is 2.56 bits per heavy atom. The molecule has 1 aliphatic heterocycles. The number of hydrogen-bond acceptors (Lipinski definition) is 2. The van der Waals surface area contributed by atoms with Gasteiger partial charge in [-0.1, -0.05) is 28.1 Å². The summed E-state index contributed by atoms with van der Waals surface area (Å²) >= 11 is 3.45. The van der Waals surface area contributed by atoms with Crippen LogP contribution in [-0.4, -0.2) is 23.1 Å². The Morgan fingerprint density at radius 2 is 1.83 bits per heavy atom. The second-order valence-electron chi connectivity index (χ2n) is 4.71. The molecule has 1 aromatic carbocycles. The molecule has 2 heterocycles. The number of benzene rings is 1. The molecule has 18 heavy (non-hydrogen) atoms. The van der Waals surface area contributed by atoms with Crippen molar-refractivity contribution in [3.63, 3.8) is 0 Å². The number of halogens is 1. The molecular weight excluding hydrogens is 290 g/mol. The second-order valence-corrected chi connectivity index (χ2v) is 5.63. The predicted molar refractivity (Wildman–Crippen MR) is 76.6 cm³/mol. The molecule has 3 rings (SSSR count). The summed E-state index contributed by atoms with van der Waals surface area (Å²) < 4.78 is 1.10. The molecule has 0 amide bonds. The topological polar surface area (TPSA) is 40.7 Å². The molecule has 0 spiro atoms. The maximum absolute atomic E-state index is 4.54. The zero-order valence-electron chi connectivity index (χ0n) is 10.1. The van der Waals surface area contributed by atoms with E-state index in [4.69, 9.17) is 0 Å². The Bertz CT molecular complexity index is 512. The van der Waals surface area contributed by atoms with E-state index < -0.39 is 0 Å². The number of aromatic amines is 1. The molecule has 1 aliphatic rings. The van der Waals surface area contributed by atoms with Crippen molar-refractivity contribution in [1.29, 1.82) is 0 Å². The highest BCUT2D eigenvalue weighted by Gasteiger charge is 2.18. The van der Waals surface area contributed by atoms with Crippen LogP contribution in [0, 0.1) is 0 Å². The smallest absolute Gasteiger partial charge is 0.109 e. The van der Waals surface area contributed by atoms with Crippen LogP contribution in [0.15, 0.2) is 34.9 Å². The first-order chi connectivity index (χ1) is 8.83. The summed E-state index contributed by atoms with van der Waals surface area (Å²) in [6.45, 7) is 2.19. The lowest BCUT2D eigenvalue weighted by molar-refractivity contribution is 0.447. The summed E-state index contributed by atoms with van der Waals surface area (Å²) in [6, 6.07) is 8.31. The van der Waals surface area contributed by atoms with Gasteiger partial charge in [0.1, 0.15) is 5.82 Å². The molecule has 2 aromatic rings. The summed E-state index contributed by atoms with van der Waals surface area (Å²) in [5.74, 6) is 1.71. The first-order valence-corrected chi connectivity index (χ1v) is 7.14. The average Bonchev–Trinajstić information content (AvgIpc) is 2.90. The summed E-state index contributed by atoms with van der Waals surface area (Å²) in [7, 11) is 0. The molecule has 0 unspecified atom stereocenters. The van der Waals surface area contributed by atoms with Crippen LogP contribution in [0.5, 0.6) is 0 Å². The van der Waals surface area contributed by atoms with Gasteiger partial charge in [0.2, 0.25) is 0 Å². The molecule has 1 fully saturated rings. The van der Waals surface area contributed by atoms with Crippen LogP contribution in [0.3, 0.4) is 0 Å². The predicted octanol–water partition coefficient (Wildman–Crippen LogP) is 3.31. The van der Waals surface area contributed by atoms with E-state index in [1.165, 1.54) is 18.4 Å². The molecule has 94 valence electrons. The van der Waals surface area contributed by atoms with Gasteiger partial charge in [-0.05, 0) is 43.6 Å². The zero-order chi connectivity index (χ0) is 12.4. The fourth-order valence-corrected chi connectivity index (χ4v) is 2.68. The van der Waals surface area contributed by atoms with Crippen LogP contribution in [0.4, 0.5) is 0 Å². The highest BCUT2D eigenvalue weighted by Crippen LogP contribution is 2.26. The summed E-state index contributed by atoms with van der Waals surface area (Å²) in [5, 5.41) is 3.38. The third kappa shape index (κ3) is 2.49. The number of H-pyrrole nitrogens is 1. The van der Waals surface area contributed by atoms with Crippen molar-refractivity contribution in [2.24, 2.45) is 0 Å². The molecule has 1 saturated heterocycles. The van der Waals surface area contributed by atoms with E-state index in [-0.39, 0.29) is 0 Å². The van der Waals surface area contributed by atoms with Gasteiger partial charge in [-0.2, -0.15) is 0 Å². The highest BCUT2D eigenvalue weighted by atomic mass is 79.9. The number of nitrogens with zero attached hydrogens (tertiary/aromatic N) is 1. The van der Waals surface area contributed by atoms with Crippen LogP contribution < -0.4 is 5.32 Å². The minimum atomic E-state index is 0.579. The van der Waals surface area contributed by atoms with E-state index in [0.717, 1.165) is 29.1 Å². The van der Waals surface area contributed by atoms with Crippen LogP contribution in [0.1, 0.15) is 24.6 Å². The van der Waals surface area contributed by atoms with Crippen molar-refractivity contribution in [2.75, 3.05) is 13.1 Å². The lowest BCUT2D eigenvalue weighted by Gasteiger charge is -2.20. The lowest BCUT2D eigenvalue weighted by Crippen LogP contribution is -2.27. The van der Waals surface area contributed by atoms with Crippen molar-refractivity contribution in [3.05, 3.63) is 40.8 Å². The zero-order valence-corrected chi connectivity index (χ0v) is 11.7. The van der Waals surface area contributed by atoms with Gasteiger partial charge in [0.05, 0.1) is 11.9 Å². The maximum Gasteiger partial charge on any atom is 0.109 e. The number of hydrogen-bond donors (Lipinski definition) is 2. The highest BCUT2D eigenvalue weighted by molar-refractivity contribution is 9.10. The number of piperidine rings is 1. The van der Waals surface area contributed by atoms with E-state index >= 15 is 0 Å². The Balaban J connectivity index is 1.82. The molecule has 1 aromatic heterocycles. The van der Waals surface area contributed by atoms with Crippen LogP contribution >= 0.6 is 15.9 Å². The Morgan fingerprint density at radius 1 is 1.11 bits per heavy atom. The summed E-state index contributed by atoms with van der Waals surface area (Å²) in [5.41, 5.74) is 2.29. The normalized spacial score (nSPS) is 16.9. The van der Waals surface area contributed by atoms with Crippen molar-refractivity contribution < 1.29 is 0 Å². The molecular formula is C14H16BrN3. The Hall–Kier alpha value is -1.13. The largest absolute Gasteiger partial charge is 0.342 e. The van der Waals surface area contributed by atoms with Gasteiger partial charge in [0, 0.05) is 10.4 Å². The molecule has 3 nitrogen and oxygen atoms in total. The number of aromatic nitrogens is 2. The molecule has 0 aliphatic carbocycles. The SMILES string of the molecule is Brc1ccc(-c2cnc(C3CCNCC3)[nH]2)cc1. The Labute approximate surface area is 115 Å². The van der Waals surface area contributed by atoms with Crippen molar-refractivity contribution in [3.8, 4) is 11.3 Å². The van der Waals surface area contributed by atoms with Crippen molar-refractivity contribution in [1.82, 2.24) is 15.3 Å². The quantitative estimate of drug-likeness (QED) is 0.894. The molecule has 2 N–H and O–H groups in total. The molecule has 0 radical (unpaired) electrons. The van der Waals surface area contributed by atoms with Gasteiger partial charge in [-0.15, -0.1) is 0 Å². The van der Waals surface area contributed by atoms with E-state index in [2.05, 4.69) is 55.5 Å². The Kier molecular flexibility index (Phi) is 3.48. The monoisotopic (exact) mass is 305 g/mol. The minimum absolute atomic E-state index is 0.579. The first kappa shape index (κ1) is 11.9. The van der Waals surface area contributed by atoms with E-state index in [9.17, 15) is 0 Å². The number of imidazole rings is 1. The van der Waals surface area contributed by atoms with Gasteiger partial charge in [-0.25, -0.2) is 4.98 Å². The van der Waals surface area contributed by atoms with Crippen molar-refractivity contribution >= 4 is 15.9 Å². The van der Waals surface area contributed by atoms with E-state index in [0.29, 0.717) is 5.92 Å². The standard InChI is InChI=1S/C14H16BrN3/c15-12-3-1-10(2-4-12)13-9-17-14(18-13)11-5-7-16-8-6-11/h1-4,9,11,16H,5-8H2,(H,17,18). The second kappa shape index (κ2) is 5.24. The third-order valence-corrected chi connectivity index (χ3v) is 4.01. The fraction of sp³-hybridized carbons (Fsp3) is 0.357. The van der Waals surface area contributed by atoms with E-state index in [1.807, 2.05) is 6.20 Å². The summed E-state index contributed by atoms with van der Waals surface area (Å²) in [6.07, 6.45) is 4.29. The van der Waals surface area contributed by atoms with Crippen LogP contribution in [0.25, 0.3) is 11.3 Å². The summed E-state index contributed by atoms with van der Waals surface area (Å²) in [4.78, 5) is 8.01. The molecule has 0 atom stereocenters. The first-order valence-electron chi connectivity index (χ1n) is 6.34. The fourth-order valence-electron chi connectivity index (χ4n) is 2.42. The van der Waals surface area contributed by atoms with Gasteiger partial charge >= 0.3 is 0 Å². The van der Waals surface area contributed by atoms with Gasteiger partial charge in [0.25, 0.3) is 0 Å². The number of rotatable bonds is 2. The van der Waals surface area contributed by atoms with Crippen LogP contribution in [-0.2, 0) is 0 Å². The molecule has 0 saturated carbocycles. The molecule has 0 bridgehead atoms. The number of nitrogens with one attached hydrogen (secondary N) is 2.